The molecule has 1 N–H and O–H groups in total. The summed E-state index contributed by atoms with van der Waals surface area (Å²) in [5, 5.41) is 3.60. The molecule has 0 aromatic heterocycles. The molecule has 2 aromatic rings. The van der Waals surface area contributed by atoms with Crippen LogP contribution in [0, 0.1) is 41.5 Å². The summed E-state index contributed by atoms with van der Waals surface area (Å²) in [5.74, 6) is 0. The number of benzene rings is 2. The molecule has 0 amide bonds. The van der Waals surface area contributed by atoms with Crippen LogP contribution >= 0.6 is 0 Å². The van der Waals surface area contributed by atoms with E-state index in [1.807, 2.05) is 0 Å². The summed E-state index contributed by atoms with van der Waals surface area (Å²) in [6.07, 6.45) is 0. The maximum Gasteiger partial charge on any atom is 0.0423 e. The van der Waals surface area contributed by atoms with Crippen LogP contribution in [0.1, 0.15) is 33.4 Å². The smallest absolute Gasteiger partial charge is 0.0423 e. The average Bonchev–Trinajstić information content (AvgIpc) is 2.52. The Morgan fingerprint density at radius 1 is 0.593 bits per heavy atom. The number of nitrogens with zero attached hydrogens (tertiary/aromatic N) is 2. The van der Waals surface area contributed by atoms with Crippen molar-refractivity contribution < 1.29 is 0 Å². The minimum atomic E-state index is 0.989. The van der Waals surface area contributed by atoms with Crippen molar-refractivity contribution in [3.8, 4) is 0 Å². The standard InChI is InChI=1S/C24H37N3/c1-17-13-19(3)23(20(4)14-17)26(7)11-9-25-10-12-27(8)24-21(5)15-18(2)16-22(24)6/h13-16,25H,9-12H2,1-8H3. The van der Waals surface area contributed by atoms with Crippen molar-refractivity contribution in [3.05, 3.63) is 57.6 Å². The first kappa shape index (κ1) is 21.3. The molecular formula is C24H37N3. The molecule has 0 heterocycles. The molecule has 3 nitrogen and oxygen atoms in total. The Kier molecular flexibility index (Phi) is 7.32. The zero-order valence-corrected chi connectivity index (χ0v) is 18.5. The van der Waals surface area contributed by atoms with E-state index in [-0.39, 0.29) is 0 Å². The van der Waals surface area contributed by atoms with Crippen LogP contribution in [0.5, 0.6) is 0 Å². The van der Waals surface area contributed by atoms with Crippen molar-refractivity contribution in [1.29, 1.82) is 0 Å². The summed E-state index contributed by atoms with van der Waals surface area (Å²) in [6, 6.07) is 9.09. The van der Waals surface area contributed by atoms with E-state index in [4.69, 9.17) is 0 Å². The largest absolute Gasteiger partial charge is 0.373 e. The zero-order valence-electron chi connectivity index (χ0n) is 18.5. The van der Waals surface area contributed by atoms with Crippen molar-refractivity contribution in [2.45, 2.75) is 41.5 Å². The lowest BCUT2D eigenvalue weighted by molar-refractivity contribution is 0.668. The minimum Gasteiger partial charge on any atom is -0.373 e. The van der Waals surface area contributed by atoms with Crippen molar-refractivity contribution >= 4 is 11.4 Å². The number of hydrogen-bond acceptors (Lipinski definition) is 3. The van der Waals surface area contributed by atoms with Crippen LogP contribution in [0.25, 0.3) is 0 Å². The van der Waals surface area contributed by atoms with E-state index in [1.165, 1.54) is 44.8 Å². The maximum absolute atomic E-state index is 3.60. The first-order valence-corrected chi connectivity index (χ1v) is 9.99. The Hall–Kier alpha value is -2.00. The van der Waals surface area contributed by atoms with Crippen LogP contribution in [0.3, 0.4) is 0 Å². The van der Waals surface area contributed by atoms with Crippen LogP contribution in [-0.4, -0.2) is 40.3 Å². The lowest BCUT2D eigenvalue weighted by Crippen LogP contribution is -2.35. The highest BCUT2D eigenvalue weighted by Crippen LogP contribution is 2.26. The Balaban J connectivity index is 1.82. The topological polar surface area (TPSA) is 18.5 Å². The molecule has 0 saturated heterocycles. The Labute approximate surface area is 166 Å². The number of nitrogens with one attached hydrogen (secondary N) is 1. The SMILES string of the molecule is Cc1cc(C)c(N(C)CCNCCN(C)c2c(C)cc(C)cc2C)c(C)c1. The van der Waals surface area contributed by atoms with Crippen LogP contribution in [0.4, 0.5) is 11.4 Å². The average molecular weight is 368 g/mol. The second-order valence-corrected chi connectivity index (χ2v) is 8.09. The predicted octanol–water partition coefficient (Wildman–Crippen LogP) is 4.70. The number of hydrogen-bond donors (Lipinski definition) is 1. The Morgan fingerprint density at radius 2 is 0.889 bits per heavy atom. The summed E-state index contributed by atoms with van der Waals surface area (Å²) in [6.45, 7) is 17.2. The first-order chi connectivity index (χ1) is 12.7. The summed E-state index contributed by atoms with van der Waals surface area (Å²) in [4.78, 5) is 4.74. The van der Waals surface area contributed by atoms with Crippen molar-refractivity contribution in [1.82, 2.24) is 5.32 Å². The number of aryl methyl sites for hydroxylation is 6. The number of likely N-dealkylation sites (N-methyl/N-ethyl adjacent to an activating group) is 2. The van der Waals surface area contributed by atoms with E-state index in [0.717, 1.165) is 26.2 Å². The van der Waals surface area contributed by atoms with Crippen LogP contribution < -0.4 is 15.1 Å². The predicted molar refractivity (Wildman–Crippen MR) is 121 cm³/mol. The van der Waals surface area contributed by atoms with Gasteiger partial charge in [-0.3, -0.25) is 0 Å². The molecule has 0 radical (unpaired) electrons. The fraction of sp³-hybridized carbons (Fsp3) is 0.500. The highest BCUT2D eigenvalue weighted by molar-refractivity contribution is 5.60. The molecule has 2 rings (SSSR count). The molecule has 0 aliphatic carbocycles. The molecule has 0 bridgehead atoms. The van der Waals surface area contributed by atoms with E-state index in [2.05, 4.69) is 95.0 Å². The normalized spacial score (nSPS) is 11.0. The molecule has 3 heteroatoms. The summed E-state index contributed by atoms with van der Waals surface area (Å²) in [5.41, 5.74) is 10.9. The number of anilines is 2. The monoisotopic (exact) mass is 367 g/mol. The van der Waals surface area contributed by atoms with Gasteiger partial charge in [0.15, 0.2) is 0 Å². The van der Waals surface area contributed by atoms with Gasteiger partial charge in [-0.05, 0) is 63.8 Å². The van der Waals surface area contributed by atoms with E-state index < -0.39 is 0 Å². The summed E-state index contributed by atoms with van der Waals surface area (Å²) in [7, 11) is 4.38. The van der Waals surface area contributed by atoms with E-state index in [9.17, 15) is 0 Å². The minimum absolute atomic E-state index is 0.989. The molecule has 0 aliphatic rings. The van der Waals surface area contributed by atoms with Crippen molar-refractivity contribution in [3.63, 3.8) is 0 Å². The third kappa shape index (κ3) is 5.49. The molecule has 0 aliphatic heterocycles. The van der Waals surface area contributed by atoms with Gasteiger partial charge in [0.2, 0.25) is 0 Å². The molecular weight excluding hydrogens is 330 g/mol. The fourth-order valence-electron chi connectivity index (χ4n) is 4.39. The lowest BCUT2D eigenvalue weighted by atomic mass is 10.0. The van der Waals surface area contributed by atoms with Gasteiger partial charge in [0.05, 0.1) is 0 Å². The van der Waals surface area contributed by atoms with Crippen molar-refractivity contribution in [2.24, 2.45) is 0 Å². The van der Waals surface area contributed by atoms with E-state index in [1.54, 1.807) is 0 Å². The second-order valence-electron chi connectivity index (χ2n) is 8.09. The third-order valence-corrected chi connectivity index (χ3v) is 5.28. The highest BCUT2D eigenvalue weighted by Gasteiger charge is 2.10. The van der Waals surface area contributed by atoms with E-state index >= 15 is 0 Å². The Morgan fingerprint density at radius 3 is 1.19 bits per heavy atom. The molecule has 0 saturated carbocycles. The molecule has 0 fully saturated rings. The molecule has 0 spiro atoms. The molecule has 148 valence electrons. The van der Waals surface area contributed by atoms with Crippen molar-refractivity contribution in [2.75, 3.05) is 50.1 Å². The molecule has 0 atom stereocenters. The third-order valence-electron chi connectivity index (χ3n) is 5.28. The van der Waals surface area contributed by atoms with Gasteiger partial charge in [0.1, 0.15) is 0 Å². The molecule has 0 unspecified atom stereocenters. The van der Waals surface area contributed by atoms with Crippen LogP contribution in [0.15, 0.2) is 24.3 Å². The molecule has 2 aromatic carbocycles. The van der Waals surface area contributed by atoms with Gasteiger partial charge in [0, 0.05) is 51.6 Å². The fourth-order valence-corrected chi connectivity index (χ4v) is 4.39. The maximum atomic E-state index is 3.60. The van der Waals surface area contributed by atoms with Gasteiger partial charge >= 0.3 is 0 Å². The lowest BCUT2D eigenvalue weighted by Gasteiger charge is -2.26. The highest BCUT2D eigenvalue weighted by atomic mass is 15.1. The zero-order chi connectivity index (χ0) is 20.1. The van der Waals surface area contributed by atoms with Gasteiger partial charge < -0.3 is 15.1 Å². The van der Waals surface area contributed by atoms with Crippen LogP contribution in [-0.2, 0) is 0 Å². The van der Waals surface area contributed by atoms with Gasteiger partial charge in [-0.25, -0.2) is 0 Å². The van der Waals surface area contributed by atoms with Gasteiger partial charge in [-0.15, -0.1) is 0 Å². The van der Waals surface area contributed by atoms with Crippen LogP contribution in [0.2, 0.25) is 0 Å². The van der Waals surface area contributed by atoms with Gasteiger partial charge in [-0.2, -0.15) is 0 Å². The quantitative estimate of drug-likeness (QED) is 0.682. The van der Waals surface area contributed by atoms with Gasteiger partial charge in [0.25, 0.3) is 0 Å². The Bertz CT molecular complexity index is 668. The first-order valence-electron chi connectivity index (χ1n) is 9.99. The molecule has 27 heavy (non-hydrogen) atoms. The second kappa shape index (κ2) is 9.27. The summed E-state index contributed by atoms with van der Waals surface area (Å²) >= 11 is 0. The summed E-state index contributed by atoms with van der Waals surface area (Å²) < 4.78 is 0. The van der Waals surface area contributed by atoms with E-state index in [0.29, 0.717) is 0 Å². The van der Waals surface area contributed by atoms with Gasteiger partial charge in [-0.1, -0.05) is 35.4 Å². The number of rotatable bonds is 8.